The molecular formula is C27H44N2O8. The van der Waals surface area contributed by atoms with E-state index < -0.39 is 18.0 Å². The second-order valence-electron chi connectivity index (χ2n) is 8.96. The van der Waals surface area contributed by atoms with E-state index in [-0.39, 0.29) is 6.10 Å². The normalized spacial score (nSPS) is 14.1. The molecule has 1 fully saturated rings. The number of hydrogen-bond donors (Lipinski definition) is 3. The SMILES string of the molecule is CCCCCCCOc1ccccc1NC(=O)OC(COCCC)CN1CCCCC1.O=C(O)C(=O)O. The topological polar surface area (TPSA) is 135 Å². The zero-order valence-electron chi connectivity index (χ0n) is 22.3. The molecule has 1 aromatic carbocycles. The fourth-order valence-electron chi connectivity index (χ4n) is 3.79. The Morgan fingerprint density at radius 1 is 0.919 bits per heavy atom. The smallest absolute Gasteiger partial charge is 0.414 e. The van der Waals surface area contributed by atoms with Crippen LogP contribution in [0.5, 0.6) is 5.75 Å². The minimum atomic E-state index is -1.82. The van der Waals surface area contributed by atoms with Crippen molar-refractivity contribution in [3.63, 3.8) is 0 Å². The van der Waals surface area contributed by atoms with Gasteiger partial charge in [-0.2, -0.15) is 0 Å². The van der Waals surface area contributed by atoms with Crippen LogP contribution in [-0.4, -0.2) is 78.7 Å². The van der Waals surface area contributed by atoms with Gasteiger partial charge < -0.3 is 24.4 Å². The number of unbranched alkanes of at least 4 members (excludes halogenated alkanes) is 4. The van der Waals surface area contributed by atoms with Gasteiger partial charge in [-0.25, -0.2) is 14.4 Å². The summed E-state index contributed by atoms with van der Waals surface area (Å²) >= 11 is 0. The summed E-state index contributed by atoms with van der Waals surface area (Å²) in [5, 5.41) is 17.7. The van der Waals surface area contributed by atoms with Crippen LogP contribution in [0.4, 0.5) is 10.5 Å². The number of nitrogens with zero attached hydrogens (tertiary/aromatic N) is 1. The summed E-state index contributed by atoms with van der Waals surface area (Å²) in [6.45, 7) is 8.88. The van der Waals surface area contributed by atoms with Crippen LogP contribution in [0.25, 0.3) is 0 Å². The largest absolute Gasteiger partial charge is 0.491 e. The fourth-order valence-corrected chi connectivity index (χ4v) is 3.79. The Morgan fingerprint density at radius 2 is 1.59 bits per heavy atom. The van der Waals surface area contributed by atoms with Gasteiger partial charge in [0.25, 0.3) is 0 Å². The summed E-state index contributed by atoms with van der Waals surface area (Å²) in [6.07, 6.45) is 9.84. The van der Waals surface area contributed by atoms with E-state index in [0.717, 1.165) is 25.9 Å². The second kappa shape index (κ2) is 20.2. The van der Waals surface area contributed by atoms with Crippen LogP contribution < -0.4 is 10.1 Å². The molecule has 0 aliphatic carbocycles. The number of aliphatic carboxylic acids is 2. The molecule has 1 aliphatic rings. The van der Waals surface area contributed by atoms with Crippen molar-refractivity contribution >= 4 is 23.7 Å². The van der Waals surface area contributed by atoms with Crippen LogP contribution in [0.2, 0.25) is 0 Å². The van der Waals surface area contributed by atoms with Gasteiger partial charge in [-0.15, -0.1) is 0 Å². The van der Waals surface area contributed by atoms with Crippen LogP contribution in [0, 0.1) is 0 Å². The number of amides is 1. The summed E-state index contributed by atoms with van der Waals surface area (Å²) in [4.78, 5) is 33.2. The van der Waals surface area contributed by atoms with Gasteiger partial charge in [0, 0.05) is 13.2 Å². The van der Waals surface area contributed by atoms with E-state index in [1.807, 2.05) is 24.3 Å². The van der Waals surface area contributed by atoms with Gasteiger partial charge in [0.2, 0.25) is 0 Å². The number of para-hydroxylation sites is 2. The molecule has 3 N–H and O–H groups in total. The number of hydrogen-bond acceptors (Lipinski definition) is 7. The van der Waals surface area contributed by atoms with Crippen LogP contribution in [0.15, 0.2) is 24.3 Å². The number of ether oxygens (including phenoxy) is 3. The van der Waals surface area contributed by atoms with Crippen molar-refractivity contribution in [3.8, 4) is 5.75 Å². The zero-order chi connectivity index (χ0) is 27.3. The summed E-state index contributed by atoms with van der Waals surface area (Å²) < 4.78 is 17.4. The molecule has 10 nitrogen and oxygen atoms in total. The van der Waals surface area contributed by atoms with E-state index >= 15 is 0 Å². The first-order chi connectivity index (χ1) is 17.9. The van der Waals surface area contributed by atoms with Gasteiger partial charge in [0.1, 0.15) is 11.9 Å². The second-order valence-corrected chi connectivity index (χ2v) is 8.96. The number of anilines is 1. The molecule has 1 saturated heterocycles. The quantitative estimate of drug-likeness (QED) is 0.213. The molecule has 1 atom stereocenters. The molecule has 0 bridgehead atoms. The Hall–Kier alpha value is -2.85. The monoisotopic (exact) mass is 524 g/mol. The van der Waals surface area contributed by atoms with Gasteiger partial charge in [0.15, 0.2) is 0 Å². The Labute approximate surface area is 220 Å². The van der Waals surface area contributed by atoms with E-state index in [2.05, 4.69) is 24.1 Å². The maximum absolute atomic E-state index is 12.6. The molecule has 1 amide bonds. The van der Waals surface area contributed by atoms with Crippen molar-refractivity contribution in [3.05, 3.63) is 24.3 Å². The maximum Gasteiger partial charge on any atom is 0.414 e. The number of carboxylic acid groups (broad SMARTS) is 2. The predicted octanol–water partition coefficient (Wildman–Crippen LogP) is 5.02. The minimum Gasteiger partial charge on any atom is -0.491 e. The molecule has 1 aliphatic heterocycles. The Balaban J connectivity index is 0.00000102. The van der Waals surface area contributed by atoms with Crippen LogP contribution in [0.3, 0.4) is 0 Å². The molecule has 10 heteroatoms. The van der Waals surface area contributed by atoms with Gasteiger partial charge in [0.05, 0.1) is 18.9 Å². The van der Waals surface area contributed by atoms with Crippen molar-refractivity contribution in [1.29, 1.82) is 0 Å². The molecule has 0 aromatic heterocycles. The summed E-state index contributed by atoms with van der Waals surface area (Å²) in [7, 11) is 0. The third-order valence-electron chi connectivity index (χ3n) is 5.65. The number of piperidine rings is 1. The molecule has 1 heterocycles. The lowest BCUT2D eigenvalue weighted by atomic mass is 10.1. The van der Waals surface area contributed by atoms with Crippen LogP contribution in [0.1, 0.15) is 71.6 Å². The third-order valence-corrected chi connectivity index (χ3v) is 5.65. The van der Waals surface area contributed by atoms with E-state index in [1.54, 1.807) is 0 Å². The van der Waals surface area contributed by atoms with Gasteiger partial charge >= 0.3 is 18.0 Å². The van der Waals surface area contributed by atoms with E-state index in [0.29, 0.717) is 37.8 Å². The highest BCUT2D eigenvalue weighted by atomic mass is 16.6. The van der Waals surface area contributed by atoms with Crippen molar-refractivity contribution in [1.82, 2.24) is 4.90 Å². The highest BCUT2D eigenvalue weighted by Crippen LogP contribution is 2.24. The van der Waals surface area contributed by atoms with Gasteiger partial charge in [-0.05, 0) is 50.9 Å². The first-order valence-electron chi connectivity index (χ1n) is 13.3. The van der Waals surface area contributed by atoms with E-state index in [1.165, 1.54) is 44.9 Å². The number of rotatable bonds is 15. The Kier molecular flexibility index (Phi) is 17.6. The lowest BCUT2D eigenvalue weighted by Gasteiger charge is -2.30. The Morgan fingerprint density at radius 3 is 2.24 bits per heavy atom. The highest BCUT2D eigenvalue weighted by Gasteiger charge is 2.21. The molecule has 0 radical (unpaired) electrons. The molecular weight excluding hydrogens is 480 g/mol. The predicted molar refractivity (Wildman–Crippen MR) is 141 cm³/mol. The van der Waals surface area contributed by atoms with Crippen LogP contribution in [-0.2, 0) is 19.1 Å². The number of benzene rings is 1. The van der Waals surface area contributed by atoms with Crippen LogP contribution >= 0.6 is 0 Å². The van der Waals surface area contributed by atoms with E-state index in [4.69, 9.17) is 34.0 Å². The van der Waals surface area contributed by atoms with Crippen molar-refractivity contribution in [2.24, 2.45) is 0 Å². The fraction of sp³-hybridized carbons (Fsp3) is 0.667. The standard InChI is InChI=1S/C25H42N2O4.C2H2O4/c1-3-5-6-7-13-19-30-24-15-10-9-14-23(24)26-25(28)31-22(21-29-18-4-2)20-27-16-11-8-12-17-27;3-1(4)2(5)6/h9-10,14-15,22H,3-8,11-13,16-21H2,1-2H3,(H,26,28);(H,3,4)(H,5,6). The lowest BCUT2D eigenvalue weighted by Crippen LogP contribution is -2.41. The molecule has 0 saturated carbocycles. The van der Waals surface area contributed by atoms with Crippen molar-refractivity contribution in [2.75, 3.05) is 44.8 Å². The highest BCUT2D eigenvalue weighted by molar-refractivity contribution is 6.27. The Bertz CT molecular complexity index is 771. The summed E-state index contributed by atoms with van der Waals surface area (Å²) in [5.41, 5.74) is 0.646. The van der Waals surface area contributed by atoms with Gasteiger partial charge in [-0.1, -0.05) is 58.1 Å². The number of carbonyl (C=O) groups is 3. The number of carbonyl (C=O) groups excluding carboxylic acids is 1. The number of nitrogens with one attached hydrogen (secondary N) is 1. The molecule has 1 aromatic rings. The first-order valence-corrected chi connectivity index (χ1v) is 13.3. The molecule has 210 valence electrons. The van der Waals surface area contributed by atoms with Gasteiger partial charge in [-0.3, -0.25) is 10.2 Å². The average Bonchev–Trinajstić information content (AvgIpc) is 2.88. The third kappa shape index (κ3) is 15.8. The average molecular weight is 525 g/mol. The molecule has 37 heavy (non-hydrogen) atoms. The van der Waals surface area contributed by atoms with Crippen molar-refractivity contribution in [2.45, 2.75) is 77.7 Å². The number of likely N-dealkylation sites (tertiary alicyclic amines) is 1. The first kappa shape index (κ1) is 32.2. The maximum atomic E-state index is 12.6. The molecule has 1 unspecified atom stereocenters. The summed E-state index contributed by atoms with van der Waals surface area (Å²) in [5.74, 6) is -2.96. The zero-order valence-corrected chi connectivity index (χ0v) is 22.3. The summed E-state index contributed by atoms with van der Waals surface area (Å²) in [6, 6.07) is 7.54. The molecule has 2 rings (SSSR count). The van der Waals surface area contributed by atoms with Crippen molar-refractivity contribution < 1.29 is 38.8 Å². The molecule has 0 spiro atoms. The lowest BCUT2D eigenvalue weighted by molar-refractivity contribution is -0.159. The van der Waals surface area contributed by atoms with E-state index in [9.17, 15) is 4.79 Å². The number of carboxylic acids is 2. The minimum absolute atomic E-state index is 0.281.